The highest BCUT2D eigenvalue weighted by Crippen LogP contribution is 2.14. The lowest BCUT2D eigenvalue weighted by atomic mass is 10.2. The molecule has 2 N–H and O–H groups in total. The van der Waals surface area contributed by atoms with Crippen LogP contribution in [0.2, 0.25) is 0 Å². The van der Waals surface area contributed by atoms with E-state index in [1.54, 1.807) is 18.2 Å². The van der Waals surface area contributed by atoms with Gasteiger partial charge < -0.3 is 15.4 Å². The summed E-state index contributed by atoms with van der Waals surface area (Å²) in [5.41, 5.74) is 0.804. The van der Waals surface area contributed by atoms with Crippen LogP contribution in [-0.2, 0) is 11.3 Å². The molecule has 0 saturated carbocycles. The quantitative estimate of drug-likeness (QED) is 0.558. The molecule has 0 radical (unpaired) electrons. The number of hydrogen-bond acceptors (Lipinski definition) is 3. The zero-order chi connectivity index (χ0) is 14.1. The number of nitrogens with one attached hydrogen (secondary N) is 2. The standard InChI is InChI=1S/C13H16F2N2O2/c1-2-7-16-9-12(18)17-8-10-3-5-11(6-4-10)19-13(14)15/h2-6,13,16H,1,7-9H2,(H,17,18). The molecule has 1 rings (SSSR count). The average Bonchev–Trinajstić information content (AvgIpc) is 2.37. The number of rotatable bonds is 8. The molecule has 4 nitrogen and oxygen atoms in total. The summed E-state index contributed by atoms with van der Waals surface area (Å²) in [5.74, 6) is -0.0486. The molecular weight excluding hydrogens is 254 g/mol. The third kappa shape index (κ3) is 6.52. The van der Waals surface area contributed by atoms with Crippen LogP contribution in [0.5, 0.6) is 5.75 Å². The van der Waals surface area contributed by atoms with E-state index in [1.807, 2.05) is 0 Å². The second kappa shape index (κ2) is 8.20. The van der Waals surface area contributed by atoms with Gasteiger partial charge in [0.2, 0.25) is 5.91 Å². The Balaban J connectivity index is 2.33. The van der Waals surface area contributed by atoms with E-state index in [0.29, 0.717) is 13.1 Å². The number of halogens is 2. The Morgan fingerprint density at radius 2 is 2.05 bits per heavy atom. The van der Waals surface area contributed by atoms with Gasteiger partial charge in [-0.05, 0) is 17.7 Å². The van der Waals surface area contributed by atoms with Gasteiger partial charge in [-0.15, -0.1) is 6.58 Å². The Morgan fingerprint density at radius 3 is 2.63 bits per heavy atom. The van der Waals surface area contributed by atoms with Crippen LogP contribution in [0.4, 0.5) is 8.78 Å². The summed E-state index contributed by atoms with van der Waals surface area (Å²) >= 11 is 0. The van der Waals surface area contributed by atoms with Crippen LogP contribution in [0.1, 0.15) is 5.56 Å². The Labute approximate surface area is 110 Å². The molecule has 0 saturated heterocycles. The van der Waals surface area contributed by atoms with Crippen LogP contribution in [0.25, 0.3) is 0 Å². The molecule has 104 valence electrons. The van der Waals surface area contributed by atoms with Crippen molar-refractivity contribution in [1.82, 2.24) is 10.6 Å². The number of alkyl halides is 2. The highest BCUT2D eigenvalue weighted by atomic mass is 19.3. The second-order valence-electron chi connectivity index (χ2n) is 3.72. The van der Waals surface area contributed by atoms with Gasteiger partial charge in [0, 0.05) is 13.1 Å². The van der Waals surface area contributed by atoms with Crippen LogP contribution in [0.3, 0.4) is 0 Å². The van der Waals surface area contributed by atoms with Gasteiger partial charge >= 0.3 is 6.61 Å². The van der Waals surface area contributed by atoms with Crippen molar-refractivity contribution in [2.24, 2.45) is 0 Å². The molecule has 0 heterocycles. The fourth-order valence-electron chi connectivity index (χ4n) is 1.34. The van der Waals surface area contributed by atoms with Gasteiger partial charge in [-0.25, -0.2) is 0 Å². The highest BCUT2D eigenvalue weighted by Gasteiger charge is 2.04. The first-order valence-corrected chi connectivity index (χ1v) is 5.74. The number of ether oxygens (including phenoxy) is 1. The molecule has 6 heteroatoms. The summed E-state index contributed by atoms with van der Waals surface area (Å²) in [6, 6.07) is 6.11. The number of hydrogen-bond donors (Lipinski definition) is 2. The van der Waals surface area contributed by atoms with E-state index in [-0.39, 0.29) is 18.2 Å². The lowest BCUT2D eigenvalue weighted by Crippen LogP contribution is -2.33. The Kier molecular flexibility index (Phi) is 6.52. The minimum atomic E-state index is -2.83. The zero-order valence-corrected chi connectivity index (χ0v) is 10.4. The summed E-state index contributed by atoms with van der Waals surface area (Å²) in [6.07, 6.45) is 1.66. The maximum absolute atomic E-state index is 11.9. The number of amides is 1. The van der Waals surface area contributed by atoms with E-state index in [2.05, 4.69) is 21.9 Å². The SMILES string of the molecule is C=CCNCC(=O)NCc1ccc(OC(F)F)cc1. The first-order valence-electron chi connectivity index (χ1n) is 5.74. The van der Waals surface area contributed by atoms with Crippen molar-refractivity contribution in [3.8, 4) is 5.75 Å². The van der Waals surface area contributed by atoms with Crippen LogP contribution in [0.15, 0.2) is 36.9 Å². The third-order valence-corrected chi connectivity index (χ3v) is 2.21. The van der Waals surface area contributed by atoms with Crippen molar-refractivity contribution in [3.05, 3.63) is 42.5 Å². The van der Waals surface area contributed by atoms with Crippen LogP contribution >= 0.6 is 0 Å². The maximum Gasteiger partial charge on any atom is 0.387 e. The molecule has 0 bridgehead atoms. The molecule has 0 spiro atoms. The van der Waals surface area contributed by atoms with Gasteiger partial charge in [0.05, 0.1) is 6.54 Å². The van der Waals surface area contributed by atoms with E-state index in [4.69, 9.17) is 0 Å². The number of carbonyl (C=O) groups is 1. The van der Waals surface area contributed by atoms with Crippen molar-refractivity contribution < 1.29 is 18.3 Å². The fraction of sp³-hybridized carbons (Fsp3) is 0.308. The van der Waals surface area contributed by atoms with E-state index >= 15 is 0 Å². The molecule has 0 aliphatic rings. The molecule has 1 amide bonds. The van der Waals surface area contributed by atoms with Crippen LogP contribution in [-0.4, -0.2) is 25.6 Å². The topological polar surface area (TPSA) is 50.4 Å². The second-order valence-corrected chi connectivity index (χ2v) is 3.72. The molecule has 0 aliphatic carbocycles. The molecule has 0 atom stereocenters. The highest BCUT2D eigenvalue weighted by molar-refractivity contribution is 5.77. The lowest BCUT2D eigenvalue weighted by Gasteiger charge is -2.07. The summed E-state index contributed by atoms with van der Waals surface area (Å²) in [7, 11) is 0. The number of benzene rings is 1. The van der Waals surface area contributed by atoms with Gasteiger partial charge in [-0.3, -0.25) is 4.79 Å². The molecule has 0 aromatic heterocycles. The van der Waals surface area contributed by atoms with E-state index in [9.17, 15) is 13.6 Å². The summed E-state index contributed by atoms with van der Waals surface area (Å²) in [4.78, 5) is 11.4. The van der Waals surface area contributed by atoms with E-state index in [0.717, 1.165) is 5.56 Å². The predicted molar refractivity (Wildman–Crippen MR) is 68.0 cm³/mol. The molecule has 0 aliphatic heterocycles. The van der Waals surface area contributed by atoms with Crippen molar-refractivity contribution in [2.45, 2.75) is 13.2 Å². The minimum absolute atomic E-state index is 0.0951. The van der Waals surface area contributed by atoms with Crippen molar-refractivity contribution in [1.29, 1.82) is 0 Å². The van der Waals surface area contributed by atoms with Gasteiger partial charge in [0.15, 0.2) is 0 Å². The number of carbonyl (C=O) groups excluding carboxylic acids is 1. The van der Waals surface area contributed by atoms with E-state index in [1.165, 1.54) is 12.1 Å². The smallest absolute Gasteiger partial charge is 0.387 e. The molecular formula is C13H16F2N2O2. The molecule has 1 aromatic carbocycles. The minimum Gasteiger partial charge on any atom is -0.435 e. The summed E-state index contributed by atoms with van der Waals surface area (Å²) in [6.45, 7) is 1.79. The molecule has 0 fully saturated rings. The normalized spacial score (nSPS) is 10.3. The van der Waals surface area contributed by atoms with E-state index < -0.39 is 6.61 Å². The van der Waals surface area contributed by atoms with Crippen molar-refractivity contribution in [2.75, 3.05) is 13.1 Å². The Hall–Kier alpha value is -1.95. The first kappa shape index (κ1) is 15.1. The molecule has 1 aromatic rings. The first-order chi connectivity index (χ1) is 9.11. The lowest BCUT2D eigenvalue weighted by molar-refractivity contribution is -0.120. The van der Waals surface area contributed by atoms with Crippen LogP contribution in [0, 0.1) is 0 Å². The Morgan fingerprint density at radius 1 is 1.37 bits per heavy atom. The summed E-state index contributed by atoms with van der Waals surface area (Å²) in [5, 5.41) is 5.56. The van der Waals surface area contributed by atoms with Gasteiger partial charge in [-0.1, -0.05) is 18.2 Å². The Bertz CT molecular complexity index is 408. The molecule has 19 heavy (non-hydrogen) atoms. The zero-order valence-electron chi connectivity index (χ0n) is 10.4. The fourth-order valence-corrected chi connectivity index (χ4v) is 1.34. The van der Waals surface area contributed by atoms with Gasteiger partial charge in [0.1, 0.15) is 5.75 Å². The monoisotopic (exact) mass is 270 g/mol. The van der Waals surface area contributed by atoms with Crippen LogP contribution < -0.4 is 15.4 Å². The van der Waals surface area contributed by atoms with Crippen molar-refractivity contribution >= 4 is 5.91 Å². The van der Waals surface area contributed by atoms with Gasteiger partial charge in [-0.2, -0.15) is 8.78 Å². The van der Waals surface area contributed by atoms with Crippen molar-refractivity contribution in [3.63, 3.8) is 0 Å². The summed E-state index contributed by atoms with van der Waals surface area (Å²) < 4.78 is 28.1. The third-order valence-electron chi connectivity index (χ3n) is 2.21. The average molecular weight is 270 g/mol. The van der Waals surface area contributed by atoms with Gasteiger partial charge in [0.25, 0.3) is 0 Å². The molecule has 0 unspecified atom stereocenters. The maximum atomic E-state index is 11.9. The predicted octanol–water partition coefficient (Wildman–Crippen LogP) is 1.68. The largest absolute Gasteiger partial charge is 0.435 e.